The van der Waals surface area contributed by atoms with Crippen LogP contribution in [0, 0.1) is 47.4 Å². The maximum Gasteiger partial charge on any atom is 0.306 e. The standard InChI is InChI=1S/C13H9N5O8/c1-7-2-3-8(15(19)20)4-10(7)14-13-11(17(23)24)5-9(16(21)22)6-12(13)18(25)26/h2-6,14H,1H3. The minimum absolute atomic E-state index is 0.0132. The summed E-state index contributed by atoms with van der Waals surface area (Å²) in [5, 5.41) is 46.6. The number of benzene rings is 2. The number of hydrogen-bond acceptors (Lipinski definition) is 9. The monoisotopic (exact) mass is 363 g/mol. The summed E-state index contributed by atoms with van der Waals surface area (Å²) in [6, 6.07) is 4.73. The van der Waals surface area contributed by atoms with E-state index >= 15 is 0 Å². The molecule has 0 aromatic heterocycles. The highest BCUT2D eigenvalue weighted by Gasteiger charge is 2.31. The second kappa shape index (κ2) is 6.76. The molecular formula is C13H9N5O8. The molecule has 134 valence electrons. The summed E-state index contributed by atoms with van der Waals surface area (Å²) in [5.74, 6) is 0. The number of nitro groups is 4. The average molecular weight is 363 g/mol. The van der Waals surface area contributed by atoms with E-state index < -0.39 is 42.4 Å². The quantitative estimate of drug-likeness (QED) is 0.593. The Hall–Kier alpha value is -4.16. The molecule has 0 saturated carbocycles. The summed E-state index contributed by atoms with van der Waals surface area (Å²) in [6.07, 6.45) is 0. The molecule has 0 fully saturated rings. The van der Waals surface area contributed by atoms with E-state index in [-0.39, 0.29) is 11.4 Å². The first-order chi connectivity index (χ1) is 12.1. The van der Waals surface area contributed by atoms with Gasteiger partial charge in [-0.2, -0.15) is 0 Å². The molecule has 2 aromatic rings. The molecular weight excluding hydrogens is 354 g/mol. The van der Waals surface area contributed by atoms with Crippen molar-refractivity contribution in [3.63, 3.8) is 0 Å². The lowest BCUT2D eigenvalue weighted by Gasteiger charge is -2.10. The van der Waals surface area contributed by atoms with Crippen LogP contribution in [0.15, 0.2) is 30.3 Å². The molecule has 13 nitrogen and oxygen atoms in total. The predicted molar refractivity (Wildman–Crippen MR) is 87.5 cm³/mol. The van der Waals surface area contributed by atoms with E-state index in [1.165, 1.54) is 19.1 Å². The van der Waals surface area contributed by atoms with Crippen LogP contribution in [-0.2, 0) is 0 Å². The molecule has 26 heavy (non-hydrogen) atoms. The second-order valence-electron chi connectivity index (χ2n) is 5.01. The Morgan fingerprint density at radius 2 is 1.23 bits per heavy atom. The van der Waals surface area contributed by atoms with Gasteiger partial charge in [0.1, 0.15) is 0 Å². The largest absolute Gasteiger partial charge is 0.344 e. The van der Waals surface area contributed by atoms with Crippen LogP contribution < -0.4 is 5.32 Å². The van der Waals surface area contributed by atoms with Crippen LogP contribution in [0.4, 0.5) is 34.1 Å². The molecule has 0 saturated heterocycles. The zero-order valence-electron chi connectivity index (χ0n) is 12.9. The van der Waals surface area contributed by atoms with Crippen molar-refractivity contribution in [2.45, 2.75) is 6.92 Å². The summed E-state index contributed by atoms with van der Waals surface area (Å²) in [4.78, 5) is 40.5. The molecule has 0 heterocycles. The fourth-order valence-electron chi connectivity index (χ4n) is 2.11. The van der Waals surface area contributed by atoms with Crippen LogP contribution in [0.1, 0.15) is 5.56 Å². The van der Waals surface area contributed by atoms with E-state index in [9.17, 15) is 40.5 Å². The molecule has 0 aliphatic rings. The van der Waals surface area contributed by atoms with Gasteiger partial charge in [0.2, 0.25) is 0 Å². The van der Waals surface area contributed by atoms with Crippen LogP contribution in [0.25, 0.3) is 0 Å². The van der Waals surface area contributed by atoms with Crippen molar-refractivity contribution in [2.24, 2.45) is 0 Å². The van der Waals surface area contributed by atoms with Crippen molar-refractivity contribution in [1.82, 2.24) is 0 Å². The Bertz CT molecular complexity index is 923. The number of non-ortho nitro benzene ring substituents is 2. The van der Waals surface area contributed by atoms with Crippen LogP contribution in [0.2, 0.25) is 0 Å². The summed E-state index contributed by atoms with van der Waals surface area (Å²) in [7, 11) is 0. The van der Waals surface area contributed by atoms with Crippen LogP contribution >= 0.6 is 0 Å². The van der Waals surface area contributed by atoms with Gasteiger partial charge in [0, 0.05) is 17.8 Å². The lowest BCUT2D eigenvalue weighted by atomic mass is 10.1. The predicted octanol–water partition coefficient (Wildman–Crippen LogP) is 3.37. The molecule has 0 bridgehead atoms. The van der Waals surface area contributed by atoms with E-state index in [2.05, 4.69) is 5.32 Å². The maximum absolute atomic E-state index is 11.2. The fraction of sp³-hybridized carbons (Fsp3) is 0.0769. The Morgan fingerprint density at radius 3 is 1.65 bits per heavy atom. The zero-order valence-corrected chi connectivity index (χ0v) is 12.9. The first kappa shape index (κ1) is 18.2. The minimum atomic E-state index is -1.02. The smallest absolute Gasteiger partial charge is 0.306 e. The lowest BCUT2D eigenvalue weighted by molar-refractivity contribution is -0.401. The summed E-state index contributed by atoms with van der Waals surface area (Å²) < 4.78 is 0. The number of nitro benzene ring substituents is 4. The Labute approximate surface area is 143 Å². The average Bonchev–Trinajstić information content (AvgIpc) is 2.55. The van der Waals surface area contributed by atoms with Gasteiger partial charge in [-0.05, 0) is 12.5 Å². The number of rotatable bonds is 6. The number of nitrogens with zero attached hydrogens (tertiary/aromatic N) is 4. The molecule has 13 heteroatoms. The molecule has 0 aliphatic carbocycles. The molecule has 0 unspecified atom stereocenters. The van der Waals surface area contributed by atoms with E-state index in [1.807, 2.05) is 0 Å². The second-order valence-corrected chi connectivity index (χ2v) is 5.01. The van der Waals surface area contributed by atoms with E-state index in [0.717, 1.165) is 6.07 Å². The Kier molecular flexibility index (Phi) is 4.73. The fourth-order valence-corrected chi connectivity index (χ4v) is 2.11. The molecule has 0 aliphatic heterocycles. The van der Waals surface area contributed by atoms with Gasteiger partial charge in [-0.1, -0.05) is 6.07 Å². The van der Waals surface area contributed by atoms with Crippen molar-refractivity contribution in [3.05, 3.63) is 76.4 Å². The Morgan fingerprint density at radius 1 is 0.731 bits per heavy atom. The van der Waals surface area contributed by atoms with Crippen LogP contribution in [-0.4, -0.2) is 19.7 Å². The summed E-state index contributed by atoms with van der Waals surface area (Å²) >= 11 is 0. The number of hydrogen-bond donors (Lipinski definition) is 1. The van der Waals surface area contributed by atoms with Gasteiger partial charge >= 0.3 is 11.4 Å². The molecule has 0 spiro atoms. The number of nitrogens with one attached hydrogen (secondary N) is 1. The first-order valence-electron chi connectivity index (χ1n) is 6.75. The van der Waals surface area contributed by atoms with Gasteiger partial charge in [0.15, 0.2) is 5.69 Å². The van der Waals surface area contributed by atoms with E-state index in [0.29, 0.717) is 17.7 Å². The van der Waals surface area contributed by atoms with Gasteiger partial charge in [-0.25, -0.2) is 0 Å². The highest BCUT2D eigenvalue weighted by atomic mass is 16.6. The summed E-state index contributed by atoms with van der Waals surface area (Å²) in [5.41, 5.74) is -3.17. The van der Waals surface area contributed by atoms with Crippen molar-refractivity contribution in [3.8, 4) is 0 Å². The minimum Gasteiger partial charge on any atom is -0.344 e. The van der Waals surface area contributed by atoms with Crippen molar-refractivity contribution in [1.29, 1.82) is 0 Å². The third kappa shape index (κ3) is 3.50. The van der Waals surface area contributed by atoms with E-state index in [4.69, 9.17) is 0 Å². The van der Waals surface area contributed by atoms with Crippen molar-refractivity contribution in [2.75, 3.05) is 5.32 Å². The van der Waals surface area contributed by atoms with Gasteiger partial charge < -0.3 is 5.32 Å². The zero-order chi connectivity index (χ0) is 19.6. The highest BCUT2D eigenvalue weighted by Crippen LogP contribution is 2.40. The van der Waals surface area contributed by atoms with Gasteiger partial charge in [0.25, 0.3) is 11.4 Å². The van der Waals surface area contributed by atoms with Crippen molar-refractivity contribution < 1.29 is 19.7 Å². The molecule has 2 aromatic carbocycles. The molecule has 2 rings (SSSR count). The highest BCUT2D eigenvalue weighted by molar-refractivity contribution is 5.82. The normalized spacial score (nSPS) is 10.2. The van der Waals surface area contributed by atoms with Gasteiger partial charge in [-0.15, -0.1) is 0 Å². The van der Waals surface area contributed by atoms with Crippen LogP contribution in [0.3, 0.4) is 0 Å². The van der Waals surface area contributed by atoms with Gasteiger partial charge in [-0.3, -0.25) is 40.5 Å². The third-order valence-electron chi connectivity index (χ3n) is 3.38. The lowest BCUT2D eigenvalue weighted by Crippen LogP contribution is -2.04. The topological polar surface area (TPSA) is 185 Å². The van der Waals surface area contributed by atoms with E-state index in [1.54, 1.807) is 0 Å². The summed E-state index contributed by atoms with van der Waals surface area (Å²) in [6.45, 7) is 1.52. The molecule has 0 atom stereocenters. The Balaban J connectivity index is 2.71. The molecule has 0 radical (unpaired) electrons. The number of aryl methyl sites for hydroxylation is 1. The number of anilines is 2. The maximum atomic E-state index is 11.2. The molecule has 1 N–H and O–H groups in total. The third-order valence-corrected chi connectivity index (χ3v) is 3.38. The van der Waals surface area contributed by atoms with Crippen LogP contribution in [0.5, 0.6) is 0 Å². The van der Waals surface area contributed by atoms with Crippen molar-refractivity contribution >= 4 is 34.1 Å². The SMILES string of the molecule is Cc1ccc([N+](=O)[O-])cc1Nc1c([N+](=O)[O-])cc([N+](=O)[O-])cc1[N+](=O)[O-]. The molecule has 0 amide bonds. The van der Waals surface area contributed by atoms with Gasteiger partial charge in [0.05, 0.1) is 31.8 Å². The first-order valence-corrected chi connectivity index (χ1v) is 6.75.